The molecule has 2 aromatic rings. The first-order valence-corrected chi connectivity index (χ1v) is 7.83. The van der Waals surface area contributed by atoms with Crippen molar-refractivity contribution in [1.29, 1.82) is 0 Å². The number of hydrogen-bond donors (Lipinski definition) is 0. The number of aromatic nitrogens is 1. The van der Waals surface area contributed by atoms with E-state index in [2.05, 4.69) is 4.98 Å². The third-order valence-corrected chi connectivity index (χ3v) is 4.27. The molecule has 0 fully saturated rings. The number of methoxy groups -OCH3 is 1. The minimum absolute atomic E-state index is 0.0214. The van der Waals surface area contributed by atoms with Crippen LogP contribution < -0.4 is 0 Å². The molecule has 1 amide bonds. The highest BCUT2D eigenvalue weighted by Gasteiger charge is 2.18. The topological polar surface area (TPSA) is 42.4 Å². The Bertz CT molecular complexity index is 569. The van der Waals surface area contributed by atoms with Gasteiger partial charge in [-0.25, -0.2) is 4.98 Å². The summed E-state index contributed by atoms with van der Waals surface area (Å²) in [5, 5.41) is 0.991. The lowest BCUT2D eigenvalue weighted by molar-refractivity contribution is 0.0685. The summed E-state index contributed by atoms with van der Waals surface area (Å²) >= 11 is 1.47. The van der Waals surface area contributed by atoms with E-state index < -0.39 is 0 Å². The van der Waals surface area contributed by atoms with E-state index in [0.717, 1.165) is 17.0 Å². The van der Waals surface area contributed by atoms with Gasteiger partial charge >= 0.3 is 0 Å². The second-order valence-electron chi connectivity index (χ2n) is 4.68. The molecule has 21 heavy (non-hydrogen) atoms. The van der Waals surface area contributed by atoms with Gasteiger partial charge in [-0.2, -0.15) is 0 Å². The lowest BCUT2D eigenvalue weighted by atomic mass is 10.2. The summed E-state index contributed by atoms with van der Waals surface area (Å²) in [5.74, 6) is 0.0214. The van der Waals surface area contributed by atoms with Crippen LogP contribution >= 0.6 is 11.3 Å². The maximum Gasteiger partial charge on any atom is 0.265 e. The lowest BCUT2D eigenvalue weighted by Crippen LogP contribution is -2.33. The monoisotopic (exact) mass is 304 g/mol. The van der Waals surface area contributed by atoms with E-state index in [9.17, 15) is 4.79 Å². The smallest absolute Gasteiger partial charge is 0.265 e. The molecule has 0 N–H and O–H groups in total. The van der Waals surface area contributed by atoms with Crippen LogP contribution in [0.4, 0.5) is 0 Å². The summed E-state index contributed by atoms with van der Waals surface area (Å²) in [5.41, 5.74) is 1.11. The fraction of sp³-hybridized carbons (Fsp3) is 0.375. The van der Waals surface area contributed by atoms with Crippen LogP contribution in [0.25, 0.3) is 0 Å². The maximum atomic E-state index is 12.6. The van der Waals surface area contributed by atoms with Crippen LogP contribution in [0.2, 0.25) is 0 Å². The SMILES string of the molecule is CCc1ncc(C(=O)N(CCOC)Cc2ccccc2)s1. The first-order valence-electron chi connectivity index (χ1n) is 7.01. The van der Waals surface area contributed by atoms with Gasteiger partial charge in [0.1, 0.15) is 4.88 Å². The zero-order valence-corrected chi connectivity index (χ0v) is 13.2. The summed E-state index contributed by atoms with van der Waals surface area (Å²) in [6.07, 6.45) is 2.53. The van der Waals surface area contributed by atoms with E-state index in [1.165, 1.54) is 11.3 Å². The summed E-state index contributed by atoms with van der Waals surface area (Å²) in [6, 6.07) is 9.99. The van der Waals surface area contributed by atoms with Crippen molar-refractivity contribution in [2.24, 2.45) is 0 Å². The highest BCUT2D eigenvalue weighted by molar-refractivity contribution is 7.13. The lowest BCUT2D eigenvalue weighted by Gasteiger charge is -2.21. The molecule has 112 valence electrons. The number of amides is 1. The first kappa shape index (κ1) is 15.7. The van der Waals surface area contributed by atoms with Crippen LogP contribution in [0, 0.1) is 0 Å². The molecule has 0 atom stereocenters. The molecular weight excluding hydrogens is 284 g/mol. The molecule has 0 saturated carbocycles. The Labute approximate surface area is 129 Å². The van der Waals surface area contributed by atoms with E-state index in [1.54, 1.807) is 13.3 Å². The van der Waals surface area contributed by atoms with Crippen LogP contribution in [-0.2, 0) is 17.7 Å². The molecule has 1 aromatic carbocycles. The largest absolute Gasteiger partial charge is 0.383 e. The highest BCUT2D eigenvalue weighted by Crippen LogP contribution is 2.17. The molecule has 0 bridgehead atoms. The number of hydrogen-bond acceptors (Lipinski definition) is 4. The van der Waals surface area contributed by atoms with Gasteiger partial charge in [0.2, 0.25) is 0 Å². The molecule has 5 heteroatoms. The van der Waals surface area contributed by atoms with Gasteiger partial charge in [-0.05, 0) is 12.0 Å². The van der Waals surface area contributed by atoms with Crippen LogP contribution in [0.5, 0.6) is 0 Å². The van der Waals surface area contributed by atoms with Gasteiger partial charge in [-0.3, -0.25) is 4.79 Å². The Morgan fingerprint density at radius 2 is 2.10 bits per heavy atom. The predicted octanol–water partition coefficient (Wildman–Crippen LogP) is 2.99. The third kappa shape index (κ3) is 4.37. The maximum absolute atomic E-state index is 12.6. The van der Waals surface area contributed by atoms with Gasteiger partial charge in [0, 0.05) is 20.2 Å². The van der Waals surface area contributed by atoms with E-state index >= 15 is 0 Å². The van der Waals surface area contributed by atoms with Crippen molar-refractivity contribution in [2.75, 3.05) is 20.3 Å². The molecule has 0 aliphatic carbocycles. The number of carbonyl (C=O) groups excluding carboxylic acids is 1. The molecule has 0 aliphatic rings. The van der Waals surface area contributed by atoms with Gasteiger partial charge in [-0.1, -0.05) is 37.3 Å². The zero-order valence-electron chi connectivity index (χ0n) is 12.4. The average molecular weight is 304 g/mol. The van der Waals surface area contributed by atoms with Crippen LogP contribution in [0.3, 0.4) is 0 Å². The molecular formula is C16H20N2O2S. The number of nitrogens with zero attached hydrogens (tertiary/aromatic N) is 2. The normalized spacial score (nSPS) is 10.6. The Kier molecular flexibility index (Phi) is 5.90. The Morgan fingerprint density at radius 1 is 1.33 bits per heavy atom. The molecule has 4 nitrogen and oxygen atoms in total. The highest BCUT2D eigenvalue weighted by atomic mass is 32.1. The molecule has 2 rings (SSSR count). The third-order valence-electron chi connectivity index (χ3n) is 3.14. The van der Waals surface area contributed by atoms with Gasteiger partial charge < -0.3 is 9.64 Å². The van der Waals surface area contributed by atoms with Gasteiger partial charge in [-0.15, -0.1) is 11.3 Å². The fourth-order valence-electron chi connectivity index (χ4n) is 1.99. The van der Waals surface area contributed by atoms with Crippen molar-refractivity contribution >= 4 is 17.2 Å². The molecule has 0 spiro atoms. The standard InChI is InChI=1S/C16H20N2O2S/c1-3-15-17-11-14(21-15)16(19)18(9-10-20-2)12-13-7-5-4-6-8-13/h4-8,11H,3,9-10,12H2,1-2H3. The molecule has 0 saturated heterocycles. The molecule has 0 unspecified atom stereocenters. The molecule has 0 aliphatic heterocycles. The molecule has 1 aromatic heterocycles. The average Bonchev–Trinajstić information content (AvgIpc) is 3.00. The molecule has 1 heterocycles. The number of ether oxygens (including phenoxy) is 1. The van der Waals surface area contributed by atoms with Crippen molar-refractivity contribution in [3.05, 3.63) is 52.0 Å². The van der Waals surface area contributed by atoms with Crippen molar-refractivity contribution in [3.8, 4) is 0 Å². The number of carbonyl (C=O) groups is 1. The second kappa shape index (κ2) is 7.90. The number of aryl methyl sites for hydroxylation is 1. The van der Waals surface area contributed by atoms with Crippen molar-refractivity contribution in [1.82, 2.24) is 9.88 Å². The zero-order chi connectivity index (χ0) is 15.1. The van der Waals surface area contributed by atoms with E-state index in [4.69, 9.17) is 4.74 Å². The summed E-state index contributed by atoms with van der Waals surface area (Å²) in [6.45, 7) is 3.73. The van der Waals surface area contributed by atoms with Crippen molar-refractivity contribution < 1.29 is 9.53 Å². The Hall–Kier alpha value is -1.72. The Balaban J connectivity index is 2.12. The van der Waals surface area contributed by atoms with Gasteiger partial charge in [0.15, 0.2) is 0 Å². The van der Waals surface area contributed by atoms with E-state index in [0.29, 0.717) is 24.6 Å². The number of thiazole rings is 1. The van der Waals surface area contributed by atoms with E-state index in [1.807, 2.05) is 42.2 Å². The summed E-state index contributed by atoms with van der Waals surface area (Å²) < 4.78 is 5.12. The minimum Gasteiger partial charge on any atom is -0.383 e. The molecule has 0 radical (unpaired) electrons. The van der Waals surface area contributed by atoms with E-state index in [-0.39, 0.29) is 5.91 Å². The Morgan fingerprint density at radius 3 is 2.71 bits per heavy atom. The summed E-state index contributed by atoms with van der Waals surface area (Å²) in [4.78, 5) is 19.4. The number of rotatable bonds is 7. The van der Waals surface area contributed by atoms with Crippen molar-refractivity contribution in [2.45, 2.75) is 19.9 Å². The van der Waals surface area contributed by atoms with Gasteiger partial charge in [0.25, 0.3) is 5.91 Å². The quantitative estimate of drug-likeness (QED) is 0.789. The van der Waals surface area contributed by atoms with Crippen LogP contribution in [-0.4, -0.2) is 36.1 Å². The predicted molar refractivity (Wildman–Crippen MR) is 84.6 cm³/mol. The summed E-state index contributed by atoms with van der Waals surface area (Å²) in [7, 11) is 1.65. The minimum atomic E-state index is 0.0214. The van der Waals surface area contributed by atoms with Crippen LogP contribution in [0.15, 0.2) is 36.5 Å². The van der Waals surface area contributed by atoms with Crippen LogP contribution in [0.1, 0.15) is 27.2 Å². The van der Waals surface area contributed by atoms with Gasteiger partial charge in [0.05, 0.1) is 17.8 Å². The number of benzene rings is 1. The fourth-order valence-corrected chi connectivity index (χ4v) is 2.81. The second-order valence-corrected chi connectivity index (χ2v) is 5.79. The first-order chi connectivity index (χ1) is 10.2. The van der Waals surface area contributed by atoms with Crippen molar-refractivity contribution in [3.63, 3.8) is 0 Å².